The number of rotatable bonds is 3. The van der Waals surface area contributed by atoms with Crippen LogP contribution in [0.4, 0.5) is 5.82 Å². The van der Waals surface area contributed by atoms with Gasteiger partial charge in [-0.15, -0.1) is 0 Å². The van der Waals surface area contributed by atoms with Gasteiger partial charge >= 0.3 is 0 Å². The first-order chi connectivity index (χ1) is 11.7. The van der Waals surface area contributed by atoms with E-state index < -0.39 is 47.5 Å². The van der Waals surface area contributed by atoms with E-state index in [0.29, 0.717) is 0 Å². The highest BCUT2D eigenvalue weighted by atomic mass is 16.6. The van der Waals surface area contributed by atoms with Crippen LogP contribution in [0.5, 0.6) is 0 Å². The molecular weight excluding hydrogens is 334 g/mol. The Morgan fingerprint density at radius 2 is 2.16 bits per heavy atom. The fourth-order valence-corrected chi connectivity index (χ4v) is 2.94. The van der Waals surface area contributed by atoms with Crippen LogP contribution in [0.25, 0.3) is 11.0 Å². The maximum atomic E-state index is 12.4. The van der Waals surface area contributed by atoms with E-state index in [-0.39, 0.29) is 16.9 Å². The fraction of sp³-hybridized carbons (Fsp3) is 0.429. The summed E-state index contributed by atoms with van der Waals surface area (Å²) in [5.41, 5.74) is 7.94. The van der Waals surface area contributed by atoms with Gasteiger partial charge in [0.1, 0.15) is 40.9 Å². The zero-order chi connectivity index (χ0) is 18.5. The Labute approximate surface area is 140 Å². The lowest BCUT2D eigenvalue weighted by atomic mass is 9.96. The summed E-state index contributed by atoms with van der Waals surface area (Å²) in [4.78, 5) is 31.8. The first kappa shape index (κ1) is 17.2. The van der Waals surface area contributed by atoms with Crippen molar-refractivity contribution < 1.29 is 24.9 Å². The van der Waals surface area contributed by atoms with E-state index in [1.54, 1.807) is 0 Å². The lowest BCUT2D eigenvalue weighted by Gasteiger charge is -2.29. The number of carbonyl (C=O) groups excluding carboxylic acids is 1. The molecule has 0 radical (unpaired) electrons. The van der Waals surface area contributed by atoms with E-state index in [1.807, 2.05) is 0 Å². The van der Waals surface area contributed by atoms with Gasteiger partial charge in [-0.2, -0.15) is 0 Å². The van der Waals surface area contributed by atoms with Gasteiger partial charge in [0, 0.05) is 6.20 Å². The third-order valence-corrected chi connectivity index (χ3v) is 4.29. The molecule has 11 heteroatoms. The van der Waals surface area contributed by atoms with Gasteiger partial charge in [-0.3, -0.25) is 9.59 Å². The van der Waals surface area contributed by atoms with Gasteiger partial charge in [0.25, 0.3) is 5.91 Å². The molecule has 2 unspecified atom stereocenters. The quantitative estimate of drug-likeness (QED) is 0.397. The van der Waals surface area contributed by atoms with Crippen molar-refractivity contribution in [3.8, 4) is 0 Å². The molecule has 0 aromatic carbocycles. The zero-order valence-corrected chi connectivity index (χ0v) is 13.2. The van der Waals surface area contributed by atoms with Crippen molar-refractivity contribution in [2.24, 2.45) is 5.73 Å². The molecule has 1 aliphatic rings. The molecule has 2 aromatic heterocycles. The largest absolute Gasteiger partial charge is 0.394 e. The summed E-state index contributed by atoms with van der Waals surface area (Å²) >= 11 is 0. The maximum Gasteiger partial charge on any atom is 0.254 e. The molecule has 0 bridgehead atoms. The van der Waals surface area contributed by atoms with Crippen molar-refractivity contribution in [1.29, 1.82) is 0 Å². The second kappa shape index (κ2) is 5.74. The lowest BCUT2D eigenvalue weighted by molar-refractivity contribution is -0.0951. The van der Waals surface area contributed by atoms with Gasteiger partial charge in [0.2, 0.25) is 5.43 Å². The SMILES string of the molecule is C[C@@]1(O)C(n2cc(C(N)=O)c(=O)c3c(N)ncnc32)OC(CO)[C@H]1O. The summed E-state index contributed by atoms with van der Waals surface area (Å²) in [5, 5.41) is 29.9. The van der Waals surface area contributed by atoms with Crippen LogP contribution in [0.3, 0.4) is 0 Å². The highest BCUT2D eigenvalue weighted by Crippen LogP contribution is 2.39. The molecule has 4 atom stereocenters. The zero-order valence-electron chi connectivity index (χ0n) is 13.2. The number of aliphatic hydroxyl groups excluding tert-OH is 2. The maximum absolute atomic E-state index is 12.4. The number of ether oxygens (including phenoxy) is 1. The molecule has 7 N–H and O–H groups in total. The third-order valence-electron chi connectivity index (χ3n) is 4.29. The summed E-state index contributed by atoms with van der Waals surface area (Å²) in [6.07, 6.45) is -1.60. The predicted molar refractivity (Wildman–Crippen MR) is 84.4 cm³/mol. The highest BCUT2D eigenvalue weighted by Gasteiger charge is 2.53. The smallest absolute Gasteiger partial charge is 0.254 e. The van der Waals surface area contributed by atoms with E-state index in [1.165, 1.54) is 11.5 Å². The van der Waals surface area contributed by atoms with Crippen LogP contribution in [0.15, 0.2) is 17.3 Å². The number of anilines is 1. The Balaban J connectivity index is 2.34. The van der Waals surface area contributed by atoms with Crippen LogP contribution < -0.4 is 16.9 Å². The van der Waals surface area contributed by atoms with Crippen LogP contribution in [0.1, 0.15) is 23.5 Å². The molecule has 3 rings (SSSR count). The number of pyridine rings is 1. The lowest BCUT2D eigenvalue weighted by Crippen LogP contribution is -2.44. The Morgan fingerprint density at radius 1 is 1.48 bits per heavy atom. The van der Waals surface area contributed by atoms with Crippen LogP contribution in [0.2, 0.25) is 0 Å². The van der Waals surface area contributed by atoms with Gasteiger partial charge in [-0.25, -0.2) is 9.97 Å². The van der Waals surface area contributed by atoms with Gasteiger partial charge < -0.3 is 36.1 Å². The fourth-order valence-electron chi connectivity index (χ4n) is 2.94. The molecule has 1 amide bonds. The summed E-state index contributed by atoms with van der Waals surface area (Å²) in [6.45, 7) is 0.738. The minimum absolute atomic E-state index is 0.0152. The molecule has 11 nitrogen and oxygen atoms in total. The van der Waals surface area contributed by atoms with Crippen LogP contribution in [0, 0.1) is 0 Å². The second-order valence-electron chi connectivity index (χ2n) is 5.98. The van der Waals surface area contributed by atoms with E-state index >= 15 is 0 Å². The normalized spacial score (nSPS) is 29.2. The number of amides is 1. The van der Waals surface area contributed by atoms with Crippen molar-refractivity contribution in [3.63, 3.8) is 0 Å². The summed E-state index contributed by atoms with van der Waals surface area (Å²) in [7, 11) is 0. The third kappa shape index (κ3) is 2.44. The summed E-state index contributed by atoms with van der Waals surface area (Å²) in [5.74, 6) is -1.19. The average Bonchev–Trinajstić information content (AvgIpc) is 2.78. The van der Waals surface area contributed by atoms with E-state index in [9.17, 15) is 24.9 Å². The number of hydrogen-bond acceptors (Lipinski definition) is 9. The van der Waals surface area contributed by atoms with Gasteiger partial charge in [-0.1, -0.05) is 0 Å². The molecule has 1 fully saturated rings. The number of hydrogen-bond donors (Lipinski definition) is 5. The minimum atomic E-state index is -1.86. The number of nitrogens with zero attached hydrogens (tertiary/aromatic N) is 3. The average molecular weight is 351 g/mol. The number of fused-ring (bicyclic) bond motifs is 1. The van der Waals surface area contributed by atoms with Crippen molar-refractivity contribution in [1.82, 2.24) is 14.5 Å². The van der Waals surface area contributed by atoms with E-state index in [0.717, 1.165) is 12.5 Å². The molecule has 3 heterocycles. The van der Waals surface area contributed by atoms with Crippen molar-refractivity contribution in [3.05, 3.63) is 28.3 Å². The summed E-state index contributed by atoms with van der Waals surface area (Å²) < 4.78 is 6.68. The number of aliphatic hydroxyl groups is 3. The van der Waals surface area contributed by atoms with Gasteiger partial charge in [0.15, 0.2) is 11.9 Å². The first-order valence-electron chi connectivity index (χ1n) is 7.32. The van der Waals surface area contributed by atoms with E-state index in [4.69, 9.17) is 16.2 Å². The predicted octanol–water partition coefficient (Wildman–Crippen LogP) is -2.53. The van der Waals surface area contributed by atoms with Crippen molar-refractivity contribution in [2.45, 2.75) is 31.0 Å². The molecule has 1 aliphatic heterocycles. The Kier molecular flexibility index (Phi) is 3.95. The molecule has 2 aromatic rings. The number of aromatic nitrogens is 3. The first-order valence-corrected chi connectivity index (χ1v) is 7.32. The number of primary amides is 1. The van der Waals surface area contributed by atoms with Gasteiger partial charge in [-0.05, 0) is 6.92 Å². The molecular formula is C14H17N5O6. The standard InChI is InChI=1S/C14H17N5O6/c1-14(24)9(22)6(3-20)25-13(14)19-2-5(11(16)23)8(21)7-10(15)17-4-18-12(7)19/h2,4,6,9,13,20,22,24H,3H2,1H3,(H2,16,23)(H2,15,17,18)/t6?,9-,13?,14+/m1/s1. The molecule has 0 aliphatic carbocycles. The monoisotopic (exact) mass is 351 g/mol. The van der Waals surface area contributed by atoms with Crippen LogP contribution in [-0.2, 0) is 4.74 Å². The van der Waals surface area contributed by atoms with E-state index in [2.05, 4.69) is 9.97 Å². The summed E-state index contributed by atoms with van der Waals surface area (Å²) in [6, 6.07) is 0. The minimum Gasteiger partial charge on any atom is -0.394 e. The number of carbonyl (C=O) groups is 1. The van der Waals surface area contributed by atoms with Crippen LogP contribution in [-0.4, -0.2) is 60.2 Å². The Morgan fingerprint density at radius 3 is 2.72 bits per heavy atom. The number of nitrogens with two attached hydrogens (primary N) is 2. The molecule has 0 saturated carbocycles. The highest BCUT2D eigenvalue weighted by molar-refractivity contribution is 5.97. The Bertz CT molecular complexity index is 910. The second-order valence-corrected chi connectivity index (χ2v) is 5.98. The van der Waals surface area contributed by atoms with Crippen LogP contribution >= 0.6 is 0 Å². The molecule has 0 spiro atoms. The van der Waals surface area contributed by atoms with Gasteiger partial charge in [0.05, 0.1) is 6.61 Å². The molecule has 134 valence electrons. The van der Waals surface area contributed by atoms with Crippen molar-refractivity contribution in [2.75, 3.05) is 12.3 Å². The topological polar surface area (TPSA) is 187 Å². The molecule has 1 saturated heterocycles. The van der Waals surface area contributed by atoms with Crippen molar-refractivity contribution >= 4 is 22.8 Å². The molecule has 25 heavy (non-hydrogen) atoms. The Hall–Kier alpha value is -2.60. The number of nitrogen functional groups attached to an aromatic ring is 1.